The number of rotatable bonds is 6. The highest BCUT2D eigenvalue weighted by molar-refractivity contribution is 7.99. The highest BCUT2D eigenvalue weighted by atomic mass is 32.2. The Bertz CT molecular complexity index is 282. The summed E-state index contributed by atoms with van der Waals surface area (Å²) in [7, 11) is -2.80. The molecule has 0 radical (unpaired) electrons. The van der Waals surface area contributed by atoms with Crippen molar-refractivity contribution in [2.75, 3.05) is 24.3 Å². The average Bonchev–Trinajstić information content (AvgIpc) is 2.30. The van der Waals surface area contributed by atoms with Gasteiger partial charge in [0, 0.05) is 23.6 Å². The molecule has 0 aromatic heterocycles. The number of hydrogen-bond donors (Lipinski definition) is 1. The summed E-state index contributed by atoms with van der Waals surface area (Å²) in [4.78, 5) is 0. The summed E-state index contributed by atoms with van der Waals surface area (Å²) >= 11 is 1.96. The number of hydrogen-bond acceptors (Lipinski definition) is 4. The van der Waals surface area contributed by atoms with Crippen LogP contribution in [0.4, 0.5) is 0 Å². The Labute approximate surface area is 104 Å². The first-order valence-electron chi connectivity index (χ1n) is 6.04. The molecule has 1 aliphatic rings. The normalized spacial score (nSPS) is 26.9. The van der Waals surface area contributed by atoms with E-state index in [0.29, 0.717) is 12.6 Å². The van der Waals surface area contributed by atoms with E-state index in [1.807, 2.05) is 11.8 Å². The molecule has 0 amide bonds. The Hall–Kier alpha value is 0.260. The lowest BCUT2D eigenvalue weighted by molar-refractivity contribution is 0.387. The van der Waals surface area contributed by atoms with Gasteiger partial charge in [-0.1, -0.05) is 6.92 Å². The van der Waals surface area contributed by atoms with Crippen molar-refractivity contribution in [2.24, 2.45) is 0 Å². The molecule has 1 N–H and O–H groups in total. The summed E-state index contributed by atoms with van der Waals surface area (Å²) in [6, 6.07) is 0.537. The first-order valence-corrected chi connectivity index (χ1v) is 9.15. The summed E-state index contributed by atoms with van der Waals surface area (Å²) in [5, 5.41) is 4.19. The van der Waals surface area contributed by atoms with Gasteiger partial charge in [0.2, 0.25) is 0 Å². The van der Waals surface area contributed by atoms with E-state index in [-0.39, 0.29) is 11.5 Å². The van der Waals surface area contributed by atoms with Crippen LogP contribution in [0.25, 0.3) is 0 Å². The Morgan fingerprint density at radius 2 is 1.88 bits per heavy atom. The lowest BCUT2D eigenvalue weighted by Crippen LogP contribution is -2.36. The molecule has 1 aliphatic carbocycles. The van der Waals surface area contributed by atoms with Crippen LogP contribution in [0, 0.1) is 0 Å². The minimum absolute atomic E-state index is 0.258. The van der Waals surface area contributed by atoms with Gasteiger partial charge in [0.15, 0.2) is 9.84 Å². The van der Waals surface area contributed by atoms with Crippen LogP contribution >= 0.6 is 11.8 Å². The second-order valence-corrected chi connectivity index (χ2v) is 8.01. The van der Waals surface area contributed by atoms with Gasteiger partial charge in [0.1, 0.15) is 0 Å². The van der Waals surface area contributed by atoms with Gasteiger partial charge in [-0.25, -0.2) is 8.42 Å². The molecule has 0 atom stereocenters. The molecular formula is C11H23NO2S2. The van der Waals surface area contributed by atoms with Gasteiger partial charge in [-0.15, -0.1) is 0 Å². The predicted octanol–water partition coefficient (Wildman–Crippen LogP) is 1.68. The van der Waals surface area contributed by atoms with Gasteiger partial charge in [0.05, 0.1) is 5.75 Å². The molecule has 0 heterocycles. The van der Waals surface area contributed by atoms with Crippen LogP contribution < -0.4 is 5.32 Å². The zero-order valence-electron chi connectivity index (χ0n) is 10.2. The maximum absolute atomic E-state index is 11.3. The van der Waals surface area contributed by atoms with Gasteiger partial charge in [-0.05, 0) is 31.9 Å². The second kappa shape index (κ2) is 6.87. The fourth-order valence-corrected chi connectivity index (χ4v) is 3.53. The van der Waals surface area contributed by atoms with Crippen molar-refractivity contribution in [1.29, 1.82) is 0 Å². The van der Waals surface area contributed by atoms with Crippen LogP contribution in [0.3, 0.4) is 0 Å². The smallest absolute Gasteiger partial charge is 0.151 e. The van der Waals surface area contributed by atoms with Crippen LogP contribution in [0.15, 0.2) is 0 Å². The molecule has 0 bridgehead atoms. The summed E-state index contributed by atoms with van der Waals surface area (Å²) in [6.45, 7) is 2.32. The number of nitrogens with one attached hydrogen (secondary N) is 1. The van der Waals surface area contributed by atoms with Crippen LogP contribution in [0.2, 0.25) is 0 Å². The largest absolute Gasteiger partial charge is 0.313 e. The van der Waals surface area contributed by atoms with E-state index in [0.717, 1.165) is 5.25 Å². The fourth-order valence-electron chi connectivity index (χ4n) is 2.07. The average molecular weight is 265 g/mol. The third kappa shape index (κ3) is 5.06. The fraction of sp³-hybridized carbons (Fsp3) is 1.00. The molecule has 0 aromatic carbocycles. The van der Waals surface area contributed by atoms with Gasteiger partial charge in [0.25, 0.3) is 0 Å². The van der Waals surface area contributed by atoms with E-state index >= 15 is 0 Å². The third-order valence-corrected chi connectivity index (χ3v) is 6.14. The van der Waals surface area contributed by atoms with Crippen molar-refractivity contribution in [3.05, 3.63) is 0 Å². The van der Waals surface area contributed by atoms with Crippen LogP contribution in [0.1, 0.15) is 32.6 Å². The number of sulfone groups is 1. The highest BCUT2D eigenvalue weighted by Crippen LogP contribution is 2.26. The molecule has 1 saturated carbocycles. The molecular weight excluding hydrogens is 242 g/mol. The van der Waals surface area contributed by atoms with Crippen molar-refractivity contribution in [1.82, 2.24) is 5.32 Å². The van der Waals surface area contributed by atoms with E-state index in [2.05, 4.69) is 11.6 Å². The monoisotopic (exact) mass is 265 g/mol. The number of thioether (sulfide) groups is 1. The quantitative estimate of drug-likeness (QED) is 0.794. The van der Waals surface area contributed by atoms with E-state index in [1.165, 1.54) is 25.7 Å². The molecule has 0 aromatic rings. The van der Waals surface area contributed by atoms with Gasteiger partial charge < -0.3 is 5.32 Å². The van der Waals surface area contributed by atoms with E-state index < -0.39 is 9.84 Å². The molecule has 96 valence electrons. The van der Waals surface area contributed by atoms with E-state index in [1.54, 1.807) is 6.92 Å². The molecule has 3 nitrogen and oxygen atoms in total. The van der Waals surface area contributed by atoms with Crippen LogP contribution in [-0.4, -0.2) is 44.0 Å². The van der Waals surface area contributed by atoms with Crippen molar-refractivity contribution in [2.45, 2.75) is 43.9 Å². The third-order valence-electron chi connectivity index (χ3n) is 3.29. The van der Waals surface area contributed by atoms with Gasteiger partial charge in [-0.2, -0.15) is 11.8 Å². The standard InChI is InChI=1S/C11H23NO2S2/c1-3-16(13,14)9-8-12-10-4-6-11(15-2)7-5-10/h10-12H,3-9H2,1-2H3. The van der Waals surface area contributed by atoms with Gasteiger partial charge in [-0.3, -0.25) is 0 Å². The minimum Gasteiger partial charge on any atom is -0.313 e. The summed E-state index contributed by atoms with van der Waals surface area (Å²) < 4.78 is 22.6. The van der Waals surface area contributed by atoms with E-state index in [9.17, 15) is 8.42 Å². The molecule has 1 rings (SSSR count). The first-order chi connectivity index (χ1) is 7.57. The first kappa shape index (κ1) is 14.3. The van der Waals surface area contributed by atoms with Crippen molar-refractivity contribution >= 4 is 21.6 Å². The predicted molar refractivity (Wildman–Crippen MR) is 71.9 cm³/mol. The summed E-state index contributed by atoms with van der Waals surface area (Å²) in [5.74, 6) is 0.542. The topological polar surface area (TPSA) is 46.2 Å². The summed E-state index contributed by atoms with van der Waals surface area (Å²) in [5.41, 5.74) is 0. The lowest BCUT2D eigenvalue weighted by atomic mass is 9.95. The van der Waals surface area contributed by atoms with Crippen molar-refractivity contribution in [3.63, 3.8) is 0 Å². The zero-order chi connectivity index (χ0) is 12.0. The van der Waals surface area contributed by atoms with Crippen LogP contribution in [-0.2, 0) is 9.84 Å². The van der Waals surface area contributed by atoms with E-state index in [4.69, 9.17) is 0 Å². The Morgan fingerprint density at radius 3 is 2.38 bits per heavy atom. The van der Waals surface area contributed by atoms with Gasteiger partial charge >= 0.3 is 0 Å². The molecule has 0 saturated heterocycles. The highest BCUT2D eigenvalue weighted by Gasteiger charge is 2.20. The lowest BCUT2D eigenvalue weighted by Gasteiger charge is -2.28. The second-order valence-electron chi connectivity index (χ2n) is 4.40. The van der Waals surface area contributed by atoms with Crippen LogP contribution in [0.5, 0.6) is 0 Å². The van der Waals surface area contributed by atoms with Crippen molar-refractivity contribution in [3.8, 4) is 0 Å². The maximum atomic E-state index is 11.3. The molecule has 0 unspecified atom stereocenters. The van der Waals surface area contributed by atoms with Crippen molar-refractivity contribution < 1.29 is 8.42 Å². The Balaban J connectivity index is 2.16. The zero-order valence-corrected chi connectivity index (χ0v) is 11.9. The molecule has 5 heteroatoms. The summed E-state index contributed by atoms with van der Waals surface area (Å²) in [6.07, 6.45) is 7.08. The molecule has 0 aliphatic heterocycles. The molecule has 1 fully saturated rings. The minimum atomic E-state index is -2.80. The molecule has 16 heavy (non-hydrogen) atoms. The Kier molecular flexibility index (Phi) is 6.15. The molecule has 0 spiro atoms. The SMILES string of the molecule is CCS(=O)(=O)CCNC1CCC(SC)CC1. The maximum Gasteiger partial charge on any atom is 0.151 e. The Morgan fingerprint density at radius 1 is 1.25 bits per heavy atom.